The first-order valence-corrected chi connectivity index (χ1v) is 6.21. The number of hydrogen-bond acceptors (Lipinski definition) is 3. The predicted octanol–water partition coefficient (Wildman–Crippen LogP) is 3.71. The molecule has 2 N–H and O–H groups in total. The number of thiophene rings is 1. The smallest absolute Gasteiger partial charge is 0.335 e. The molecule has 2 aromatic rings. The summed E-state index contributed by atoms with van der Waals surface area (Å²) in [5.41, 5.74) is 1.06. The molecule has 1 aromatic carbocycles. The zero-order valence-electron chi connectivity index (χ0n) is 8.81. The standard InChI is InChI=1S/C12H10ClNO2S/c13-9-5-11(17-7-9)6-14-10-3-1-2-8(4-10)12(15)16/h1-5,7,14H,6H2,(H,15,16). The summed E-state index contributed by atoms with van der Waals surface area (Å²) in [5.74, 6) is -0.923. The Morgan fingerprint density at radius 1 is 1.41 bits per heavy atom. The second-order valence-electron chi connectivity index (χ2n) is 3.47. The molecular formula is C12H10ClNO2S. The number of carbonyl (C=O) groups is 1. The number of anilines is 1. The topological polar surface area (TPSA) is 49.3 Å². The van der Waals surface area contributed by atoms with Crippen LogP contribution >= 0.6 is 22.9 Å². The third-order valence-corrected chi connectivity index (χ3v) is 3.48. The minimum absolute atomic E-state index is 0.277. The van der Waals surface area contributed by atoms with Crippen LogP contribution in [0, 0.1) is 0 Å². The van der Waals surface area contributed by atoms with Crippen molar-refractivity contribution < 1.29 is 9.90 Å². The number of benzene rings is 1. The van der Waals surface area contributed by atoms with Crippen LogP contribution in [0.1, 0.15) is 15.2 Å². The van der Waals surface area contributed by atoms with E-state index in [9.17, 15) is 4.79 Å². The average Bonchev–Trinajstić information content (AvgIpc) is 2.73. The van der Waals surface area contributed by atoms with Gasteiger partial charge in [-0.05, 0) is 24.3 Å². The molecule has 0 saturated carbocycles. The van der Waals surface area contributed by atoms with Crippen LogP contribution < -0.4 is 5.32 Å². The Bertz CT molecular complexity index is 539. The molecule has 0 amide bonds. The molecule has 1 aromatic heterocycles. The molecule has 0 aliphatic carbocycles. The molecule has 0 fully saturated rings. The highest BCUT2D eigenvalue weighted by Gasteiger charge is 2.03. The summed E-state index contributed by atoms with van der Waals surface area (Å²) < 4.78 is 0. The van der Waals surface area contributed by atoms with Gasteiger partial charge in [0.2, 0.25) is 0 Å². The van der Waals surface area contributed by atoms with Crippen molar-refractivity contribution in [2.75, 3.05) is 5.32 Å². The summed E-state index contributed by atoms with van der Waals surface area (Å²) in [7, 11) is 0. The van der Waals surface area contributed by atoms with Gasteiger partial charge in [-0.25, -0.2) is 4.79 Å². The molecule has 0 aliphatic rings. The predicted molar refractivity (Wildman–Crippen MR) is 70.1 cm³/mol. The average molecular weight is 268 g/mol. The van der Waals surface area contributed by atoms with E-state index in [2.05, 4.69) is 5.32 Å². The van der Waals surface area contributed by atoms with Crippen molar-refractivity contribution in [2.24, 2.45) is 0 Å². The van der Waals surface area contributed by atoms with Crippen LogP contribution in [0.3, 0.4) is 0 Å². The van der Waals surface area contributed by atoms with Gasteiger partial charge in [-0.2, -0.15) is 0 Å². The van der Waals surface area contributed by atoms with Crippen LogP contribution in [-0.2, 0) is 6.54 Å². The summed E-state index contributed by atoms with van der Waals surface area (Å²) in [6.45, 7) is 0.639. The van der Waals surface area contributed by atoms with Crippen LogP contribution in [0.4, 0.5) is 5.69 Å². The molecule has 0 spiro atoms. The zero-order chi connectivity index (χ0) is 12.3. The van der Waals surface area contributed by atoms with E-state index in [0.717, 1.165) is 15.6 Å². The van der Waals surface area contributed by atoms with Crippen molar-refractivity contribution in [2.45, 2.75) is 6.54 Å². The van der Waals surface area contributed by atoms with Crippen molar-refractivity contribution in [1.82, 2.24) is 0 Å². The Kier molecular flexibility index (Phi) is 3.66. The van der Waals surface area contributed by atoms with Gasteiger partial charge < -0.3 is 10.4 Å². The van der Waals surface area contributed by atoms with E-state index >= 15 is 0 Å². The maximum atomic E-state index is 10.8. The molecule has 2 rings (SSSR count). The van der Waals surface area contributed by atoms with Gasteiger partial charge in [0.1, 0.15) is 0 Å². The number of carboxylic acid groups (broad SMARTS) is 1. The van der Waals surface area contributed by atoms with Crippen molar-refractivity contribution >= 4 is 34.6 Å². The van der Waals surface area contributed by atoms with E-state index in [0.29, 0.717) is 6.54 Å². The molecule has 5 heteroatoms. The van der Waals surface area contributed by atoms with Gasteiger partial charge in [-0.15, -0.1) is 11.3 Å². The van der Waals surface area contributed by atoms with E-state index in [4.69, 9.17) is 16.7 Å². The highest BCUT2D eigenvalue weighted by Crippen LogP contribution is 2.20. The van der Waals surface area contributed by atoms with Crippen LogP contribution in [0.25, 0.3) is 0 Å². The molecule has 0 saturated heterocycles. The van der Waals surface area contributed by atoms with Crippen LogP contribution in [0.5, 0.6) is 0 Å². The largest absolute Gasteiger partial charge is 0.478 e. The summed E-state index contributed by atoms with van der Waals surface area (Å²) in [5, 5.41) is 14.6. The van der Waals surface area contributed by atoms with Crippen molar-refractivity contribution in [3.63, 3.8) is 0 Å². The van der Waals surface area contributed by atoms with E-state index in [-0.39, 0.29) is 5.56 Å². The fourth-order valence-electron chi connectivity index (χ4n) is 1.40. The Hall–Kier alpha value is -1.52. The third-order valence-electron chi connectivity index (χ3n) is 2.20. The van der Waals surface area contributed by atoms with Gasteiger partial charge in [0.15, 0.2) is 0 Å². The molecule has 0 atom stereocenters. The normalized spacial score (nSPS) is 10.2. The first-order chi connectivity index (χ1) is 8.15. The Morgan fingerprint density at radius 3 is 2.88 bits per heavy atom. The van der Waals surface area contributed by atoms with Crippen molar-refractivity contribution in [1.29, 1.82) is 0 Å². The molecule has 0 radical (unpaired) electrons. The Labute approximate surface area is 108 Å². The lowest BCUT2D eigenvalue weighted by Gasteiger charge is -2.05. The van der Waals surface area contributed by atoms with E-state index < -0.39 is 5.97 Å². The van der Waals surface area contributed by atoms with E-state index in [1.54, 1.807) is 29.5 Å². The molecule has 0 unspecified atom stereocenters. The molecule has 0 aliphatic heterocycles. The second-order valence-corrected chi connectivity index (χ2v) is 4.90. The van der Waals surface area contributed by atoms with Gasteiger partial charge in [-0.1, -0.05) is 17.7 Å². The first-order valence-electron chi connectivity index (χ1n) is 4.95. The van der Waals surface area contributed by atoms with Crippen LogP contribution in [0.2, 0.25) is 5.02 Å². The highest BCUT2D eigenvalue weighted by molar-refractivity contribution is 7.10. The molecular weight excluding hydrogens is 258 g/mol. The minimum atomic E-state index is -0.923. The third kappa shape index (κ3) is 3.22. The minimum Gasteiger partial charge on any atom is -0.478 e. The van der Waals surface area contributed by atoms with Crippen molar-refractivity contribution in [3.8, 4) is 0 Å². The van der Waals surface area contributed by atoms with Gasteiger partial charge in [0, 0.05) is 22.5 Å². The molecule has 17 heavy (non-hydrogen) atoms. The van der Waals surface area contributed by atoms with Crippen molar-refractivity contribution in [3.05, 3.63) is 51.2 Å². The van der Waals surface area contributed by atoms with Gasteiger partial charge in [0.05, 0.1) is 10.6 Å². The lowest BCUT2D eigenvalue weighted by atomic mass is 10.2. The van der Waals surface area contributed by atoms with Crippen LogP contribution in [-0.4, -0.2) is 11.1 Å². The Balaban J connectivity index is 2.04. The first kappa shape index (κ1) is 12.0. The molecule has 1 heterocycles. The van der Waals surface area contributed by atoms with E-state index in [1.807, 2.05) is 17.5 Å². The summed E-state index contributed by atoms with van der Waals surface area (Å²) in [6, 6.07) is 8.61. The summed E-state index contributed by atoms with van der Waals surface area (Å²) in [4.78, 5) is 11.9. The number of rotatable bonds is 4. The number of halogens is 1. The summed E-state index contributed by atoms with van der Waals surface area (Å²) >= 11 is 7.38. The quantitative estimate of drug-likeness (QED) is 0.888. The van der Waals surface area contributed by atoms with Gasteiger partial charge >= 0.3 is 5.97 Å². The fourth-order valence-corrected chi connectivity index (χ4v) is 2.41. The summed E-state index contributed by atoms with van der Waals surface area (Å²) in [6.07, 6.45) is 0. The number of hydrogen-bond donors (Lipinski definition) is 2. The molecule has 0 bridgehead atoms. The number of carboxylic acids is 1. The molecule has 3 nitrogen and oxygen atoms in total. The number of nitrogens with one attached hydrogen (secondary N) is 1. The lowest BCUT2D eigenvalue weighted by Crippen LogP contribution is -2.00. The highest BCUT2D eigenvalue weighted by atomic mass is 35.5. The monoisotopic (exact) mass is 267 g/mol. The van der Waals surface area contributed by atoms with Crippen LogP contribution in [0.15, 0.2) is 35.7 Å². The zero-order valence-corrected chi connectivity index (χ0v) is 10.4. The van der Waals surface area contributed by atoms with Gasteiger partial charge in [0.25, 0.3) is 0 Å². The fraction of sp³-hybridized carbons (Fsp3) is 0.0833. The number of aromatic carboxylic acids is 1. The Morgan fingerprint density at radius 2 is 2.24 bits per heavy atom. The van der Waals surface area contributed by atoms with Gasteiger partial charge in [-0.3, -0.25) is 0 Å². The maximum absolute atomic E-state index is 10.8. The second kappa shape index (κ2) is 5.21. The maximum Gasteiger partial charge on any atom is 0.335 e. The SMILES string of the molecule is O=C(O)c1cccc(NCc2cc(Cl)cs2)c1. The van der Waals surface area contributed by atoms with E-state index in [1.165, 1.54) is 0 Å². The molecule has 88 valence electrons. The lowest BCUT2D eigenvalue weighted by molar-refractivity contribution is 0.0697.